The van der Waals surface area contributed by atoms with Crippen molar-refractivity contribution < 1.29 is 31.9 Å². The van der Waals surface area contributed by atoms with Crippen LogP contribution in [-0.2, 0) is 16.6 Å². The average molecular weight is 482 g/mol. The van der Waals surface area contributed by atoms with Crippen LogP contribution in [0, 0.1) is 12.7 Å². The Bertz CT molecular complexity index is 1430. The first-order valence-corrected chi connectivity index (χ1v) is 11.5. The molecule has 1 aromatic heterocycles. The molecule has 0 saturated heterocycles. The second-order valence-corrected chi connectivity index (χ2v) is 8.93. The number of anilines is 1. The first kappa shape index (κ1) is 23.0. The van der Waals surface area contributed by atoms with E-state index in [1.54, 1.807) is 19.1 Å². The van der Waals surface area contributed by atoms with Crippen molar-refractivity contribution in [2.45, 2.75) is 18.4 Å². The van der Waals surface area contributed by atoms with Gasteiger partial charge in [0.05, 0.1) is 16.1 Å². The van der Waals surface area contributed by atoms with Crippen molar-refractivity contribution >= 4 is 21.7 Å². The lowest BCUT2D eigenvalue weighted by Crippen LogP contribution is -2.15. The highest BCUT2D eigenvalue weighted by Gasteiger charge is 2.18. The van der Waals surface area contributed by atoms with E-state index < -0.39 is 16.0 Å². The summed E-state index contributed by atoms with van der Waals surface area (Å²) in [5, 5.41) is 9.24. The molecule has 4 rings (SSSR count). The van der Waals surface area contributed by atoms with Crippen LogP contribution >= 0.6 is 0 Å². The van der Waals surface area contributed by atoms with Gasteiger partial charge in [0.1, 0.15) is 29.6 Å². The van der Waals surface area contributed by atoms with E-state index in [1.807, 2.05) is 0 Å². The normalized spacial score (nSPS) is 11.2. The van der Waals surface area contributed by atoms with E-state index in [9.17, 15) is 22.7 Å². The van der Waals surface area contributed by atoms with Crippen LogP contribution in [0.15, 0.2) is 82.1 Å². The van der Waals surface area contributed by atoms with E-state index in [0.717, 1.165) is 0 Å². The topological polar surface area (TPSA) is 119 Å². The quantitative estimate of drug-likeness (QED) is 0.368. The van der Waals surface area contributed by atoms with E-state index in [-0.39, 0.29) is 28.6 Å². The number of oxazole rings is 1. The highest BCUT2D eigenvalue weighted by molar-refractivity contribution is 7.92. The molecule has 0 aliphatic heterocycles. The number of aromatic nitrogens is 1. The van der Waals surface area contributed by atoms with Crippen molar-refractivity contribution in [2.24, 2.45) is 0 Å². The average Bonchev–Trinajstić information content (AvgIpc) is 3.19. The summed E-state index contributed by atoms with van der Waals surface area (Å²) >= 11 is 0. The number of ether oxygens (including phenoxy) is 1. The predicted molar refractivity (Wildman–Crippen MR) is 122 cm³/mol. The summed E-state index contributed by atoms with van der Waals surface area (Å²) < 4.78 is 52.1. The Kier molecular flexibility index (Phi) is 6.33. The van der Waals surface area contributed by atoms with Gasteiger partial charge in [0.15, 0.2) is 0 Å². The van der Waals surface area contributed by atoms with Crippen LogP contribution in [0.5, 0.6) is 5.75 Å². The number of aromatic carboxylic acids is 1. The summed E-state index contributed by atoms with van der Waals surface area (Å²) in [5.74, 6) is -0.323. The molecule has 10 heteroatoms. The smallest absolute Gasteiger partial charge is 0.337 e. The number of carbonyl (C=O) groups is 1. The van der Waals surface area contributed by atoms with Crippen molar-refractivity contribution in [3.63, 3.8) is 0 Å². The number of halogens is 1. The Hall–Kier alpha value is -4.18. The molecule has 0 atom stereocenters. The van der Waals surface area contributed by atoms with Gasteiger partial charge < -0.3 is 14.3 Å². The van der Waals surface area contributed by atoms with Crippen molar-refractivity contribution in [1.29, 1.82) is 0 Å². The number of rotatable bonds is 8. The minimum Gasteiger partial charge on any atom is -0.487 e. The predicted octanol–water partition coefficient (Wildman–Crippen LogP) is 4.87. The fourth-order valence-electron chi connectivity index (χ4n) is 3.11. The lowest BCUT2D eigenvalue weighted by Gasteiger charge is -2.11. The molecule has 0 aliphatic carbocycles. The third-order valence-corrected chi connectivity index (χ3v) is 6.28. The fraction of sp³-hybridized carbons (Fsp3) is 0.0833. The van der Waals surface area contributed by atoms with Gasteiger partial charge in [0.25, 0.3) is 10.0 Å². The lowest BCUT2D eigenvalue weighted by atomic mass is 10.2. The second kappa shape index (κ2) is 9.36. The number of benzene rings is 3. The number of para-hydroxylation sites is 1. The van der Waals surface area contributed by atoms with Gasteiger partial charge in [-0.2, -0.15) is 0 Å². The van der Waals surface area contributed by atoms with E-state index in [0.29, 0.717) is 28.7 Å². The molecule has 0 saturated carbocycles. The van der Waals surface area contributed by atoms with Crippen molar-refractivity contribution in [2.75, 3.05) is 4.72 Å². The summed E-state index contributed by atoms with van der Waals surface area (Å²) in [5.41, 5.74) is 0.980. The molecular formula is C24H19FN2O6S. The largest absolute Gasteiger partial charge is 0.487 e. The summed E-state index contributed by atoms with van der Waals surface area (Å²) in [6, 6.07) is 17.1. The molecule has 174 valence electrons. The number of nitrogens with one attached hydrogen (secondary N) is 1. The van der Waals surface area contributed by atoms with Crippen LogP contribution in [0.3, 0.4) is 0 Å². The van der Waals surface area contributed by atoms with Gasteiger partial charge in [-0.1, -0.05) is 12.1 Å². The van der Waals surface area contributed by atoms with Crippen LogP contribution < -0.4 is 9.46 Å². The zero-order valence-electron chi connectivity index (χ0n) is 17.9. The number of hydrogen-bond donors (Lipinski definition) is 2. The molecule has 0 amide bonds. The second-order valence-electron chi connectivity index (χ2n) is 7.25. The van der Waals surface area contributed by atoms with Gasteiger partial charge in [0.2, 0.25) is 5.89 Å². The van der Waals surface area contributed by atoms with Crippen LogP contribution in [0.4, 0.5) is 10.1 Å². The molecule has 0 fully saturated rings. The molecule has 1 heterocycles. The molecule has 3 aromatic carbocycles. The fourth-order valence-corrected chi connectivity index (χ4v) is 4.19. The van der Waals surface area contributed by atoms with Gasteiger partial charge >= 0.3 is 5.97 Å². The third kappa shape index (κ3) is 5.07. The number of hydrogen-bond acceptors (Lipinski definition) is 6. The Labute approximate surface area is 194 Å². The number of carboxylic acid groups (broad SMARTS) is 1. The van der Waals surface area contributed by atoms with Crippen molar-refractivity contribution in [3.8, 4) is 17.2 Å². The summed E-state index contributed by atoms with van der Waals surface area (Å²) in [6.45, 7) is 1.81. The van der Waals surface area contributed by atoms with Crippen molar-refractivity contribution in [1.82, 2.24) is 4.98 Å². The number of carboxylic acids is 1. The minimum absolute atomic E-state index is 0.0335. The van der Waals surface area contributed by atoms with Crippen molar-refractivity contribution in [3.05, 3.63) is 95.6 Å². The third-order valence-electron chi connectivity index (χ3n) is 4.90. The summed E-state index contributed by atoms with van der Waals surface area (Å²) in [6.07, 6.45) is 0. The Balaban J connectivity index is 1.44. The molecule has 4 aromatic rings. The zero-order chi connectivity index (χ0) is 24.3. The number of aryl methyl sites for hydroxylation is 1. The van der Waals surface area contributed by atoms with Gasteiger partial charge in [-0.25, -0.2) is 22.6 Å². The Morgan fingerprint density at radius 1 is 1.06 bits per heavy atom. The van der Waals surface area contributed by atoms with Crippen LogP contribution in [0.1, 0.15) is 21.8 Å². The van der Waals surface area contributed by atoms with Crippen LogP contribution in [-0.4, -0.2) is 24.5 Å². The van der Waals surface area contributed by atoms with E-state index in [4.69, 9.17) is 9.15 Å². The molecular weight excluding hydrogens is 463 g/mol. The van der Waals surface area contributed by atoms with Gasteiger partial charge in [-0.3, -0.25) is 4.72 Å². The SMILES string of the molecule is Cc1oc(-c2ccc(F)cc2)nc1COc1ccc(S(=O)(=O)Nc2ccccc2C(=O)O)cc1. The maximum Gasteiger partial charge on any atom is 0.337 e. The zero-order valence-corrected chi connectivity index (χ0v) is 18.7. The highest BCUT2D eigenvalue weighted by Crippen LogP contribution is 2.25. The first-order valence-electron chi connectivity index (χ1n) is 10.0. The maximum absolute atomic E-state index is 13.1. The lowest BCUT2D eigenvalue weighted by molar-refractivity contribution is 0.0698. The highest BCUT2D eigenvalue weighted by atomic mass is 32.2. The molecule has 34 heavy (non-hydrogen) atoms. The Morgan fingerprint density at radius 2 is 1.74 bits per heavy atom. The number of sulfonamides is 1. The van der Waals surface area contributed by atoms with Gasteiger partial charge in [-0.05, 0) is 67.6 Å². The monoisotopic (exact) mass is 482 g/mol. The number of nitrogens with zero attached hydrogens (tertiary/aromatic N) is 1. The molecule has 0 spiro atoms. The molecule has 0 unspecified atom stereocenters. The molecule has 0 radical (unpaired) electrons. The standard InChI is InChI=1S/C24H19FN2O6S/c1-15-22(26-23(33-15)16-6-8-17(25)9-7-16)14-32-18-10-12-19(13-11-18)34(30,31)27-21-5-3-2-4-20(21)24(28)29/h2-13,27H,14H2,1H3,(H,28,29). The van der Waals surface area contributed by atoms with E-state index in [1.165, 1.54) is 60.7 Å². The van der Waals surface area contributed by atoms with E-state index >= 15 is 0 Å². The first-order chi connectivity index (χ1) is 16.2. The molecule has 8 nitrogen and oxygen atoms in total. The van der Waals surface area contributed by atoms with Crippen LogP contribution in [0.2, 0.25) is 0 Å². The molecule has 0 aliphatic rings. The maximum atomic E-state index is 13.1. The van der Waals surface area contributed by atoms with Gasteiger partial charge in [-0.15, -0.1) is 0 Å². The molecule has 2 N–H and O–H groups in total. The minimum atomic E-state index is -4.01. The Morgan fingerprint density at radius 3 is 2.41 bits per heavy atom. The van der Waals surface area contributed by atoms with E-state index in [2.05, 4.69) is 9.71 Å². The molecule has 0 bridgehead atoms. The summed E-state index contributed by atoms with van der Waals surface area (Å²) in [4.78, 5) is 15.6. The summed E-state index contributed by atoms with van der Waals surface area (Å²) in [7, 11) is -4.01. The van der Waals surface area contributed by atoms with Gasteiger partial charge in [0, 0.05) is 5.56 Å². The van der Waals surface area contributed by atoms with Crippen LogP contribution in [0.25, 0.3) is 11.5 Å².